The summed E-state index contributed by atoms with van der Waals surface area (Å²) in [7, 11) is 1.29. The third-order valence-corrected chi connectivity index (χ3v) is 12.9. The van der Waals surface area contributed by atoms with E-state index in [2.05, 4.69) is 38.0 Å². The van der Waals surface area contributed by atoms with Gasteiger partial charge in [-0.2, -0.15) is 0 Å². The molecule has 360 valence electrons. The van der Waals surface area contributed by atoms with Crippen LogP contribution in [-0.4, -0.2) is 95.0 Å². The van der Waals surface area contributed by atoms with Crippen LogP contribution in [0.2, 0.25) is 0 Å². The summed E-state index contributed by atoms with van der Waals surface area (Å²) in [5, 5.41) is 42.5. The second kappa shape index (κ2) is 21.9. The zero-order valence-corrected chi connectivity index (χ0v) is 38.2. The topological polar surface area (TPSA) is 212 Å². The van der Waals surface area contributed by atoms with Crippen molar-refractivity contribution >= 4 is 28.7 Å². The molecule has 0 spiro atoms. The van der Waals surface area contributed by atoms with Gasteiger partial charge < -0.3 is 50.5 Å². The van der Waals surface area contributed by atoms with E-state index < -0.39 is 40.9 Å². The van der Waals surface area contributed by atoms with Gasteiger partial charge >= 0.3 is 5.97 Å². The highest BCUT2D eigenvalue weighted by Gasteiger charge is 2.42. The number of piperidine rings is 1. The molecule has 2 fully saturated rings. The number of likely N-dealkylation sites (tertiary alicyclic amines) is 1. The number of aromatic amines is 1. The number of phenols is 1. The van der Waals surface area contributed by atoms with Crippen molar-refractivity contribution in [3.63, 3.8) is 0 Å². The molecule has 15 nitrogen and oxygen atoms in total. The van der Waals surface area contributed by atoms with Crippen molar-refractivity contribution in [2.75, 3.05) is 40.0 Å². The lowest BCUT2D eigenvalue weighted by molar-refractivity contribution is -0.164. The highest BCUT2D eigenvalue weighted by atomic mass is 19.1. The van der Waals surface area contributed by atoms with Crippen molar-refractivity contribution < 1.29 is 48.3 Å². The van der Waals surface area contributed by atoms with Crippen LogP contribution in [0.3, 0.4) is 0 Å². The van der Waals surface area contributed by atoms with E-state index in [1.165, 1.54) is 43.0 Å². The van der Waals surface area contributed by atoms with Crippen LogP contribution in [0.15, 0.2) is 126 Å². The number of pyridine rings is 1. The lowest BCUT2D eigenvalue weighted by atomic mass is 9.86. The average Bonchev–Trinajstić information content (AvgIpc) is 3.35. The Bertz CT molecular complexity index is 2820. The van der Waals surface area contributed by atoms with E-state index in [9.17, 15) is 34.5 Å². The monoisotopic (exact) mass is 941 g/mol. The largest absolute Gasteiger partial charge is 0.506 e. The number of amides is 2. The van der Waals surface area contributed by atoms with Crippen molar-refractivity contribution in [3.05, 3.63) is 171 Å². The van der Waals surface area contributed by atoms with Gasteiger partial charge in [0.1, 0.15) is 11.5 Å². The minimum atomic E-state index is -2.14. The van der Waals surface area contributed by atoms with Crippen molar-refractivity contribution in [2.45, 2.75) is 62.6 Å². The first-order valence-corrected chi connectivity index (χ1v) is 23.0. The molecule has 7 N–H and O–H groups in total. The number of nitrogens with zero attached hydrogens (tertiary/aromatic N) is 1. The predicted octanol–water partition coefficient (Wildman–Crippen LogP) is 5.35. The molecule has 2 heterocycles. The first kappa shape index (κ1) is 48.4. The maximum Gasteiger partial charge on any atom is 0.347 e. The maximum atomic E-state index is 15.7. The molecule has 2 amide bonds. The number of hydrogen-bond donors (Lipinski definition) is 7. The number of ether oxygens (including phenoxy) is 3. The van der Waals surface area contributed by atoms with Crippen LogP contribution in [0.1, 0.15) is 70.0 Å². The molecule has 0 bridgehead atoms. The van der Waals surface area contributed by atoms with Crippen LogP contribution >= 0.6 is 0 Å². The van der Waals surface area contributed by atoms with Gasteiger partial charge in [-0.3, -0.25) is 19.3 Å². The number of aliphatic hydroxyl groups excluding tert-OH is 1. The molecule has 6 aromatic rings. The van der Waals surface area contributed by atoms with Crippen LogP contribution in [0.25, 0.3) is 10.9 Å². The number of halogens is 1. The molecule has 5 aromatic carbocycles. The van der Waals surface area contributed by atoms with E-state index in [0.29, 0.717) is 34.9 Å². The number of benzene rings is 5. The standard InChI is InChI=1S/C53H56FN5O10/c1-67-50-35(28-55-29-45(61)41-17-19-44(60)49-42(41)18-20-46(62)58-49)15-16-43(48(50)54)51(64)57-39-26-38(27-39)56-47(63)32-68-40-14-8-13-37(25-40)53(66,36-11-6-3-7-12-36)52(65)69-31-34-21-23-59(24-22-34)30-33-9-4-2-5-10-33/h2-20,25,34,38-39,45,55,60-61,66H,21-24,26-32H2,1H3,(H,56,63)(H,57,64)(H,58,62)/t38-,39-,45-,53?/m0/s1. The highest BCUT2D eigenvalue weighted by Crippen LogP contribution is 2.35. The van der Waals surface area contributed by atoms with E-state index in [0.717, 1.165) is 32.5 Å². The quantitative estimate of drug-likeness (QED) is 0.0513. The molecule has 1 aliphatic carbocycles. The van der Waals surface area contributed by atoms with E-state index >= 15 is 4.39 Å². The summed E-state index contributed by atoms with van der Waals surface area (Å²) in [6, 6.07) is 33.3. The summed E-state index contributed by atoms with van der Waals surface area (Å²) < 4.78 is 32.7. The molecule has 1 aliphatic heterocycles. The van der Waals surface area contributed by atoms with Crippen LogP contribution in [0.4, 0.5) is 4.39 Å². The Morgan fingerprint density at radius 3 is 2.32 bits per heavy atom. The number of fused-ring (bicyclic) bond motifs is 1. The fourth-order valence-corrected chi connectivity index (χ4v) is 9.01. The SMILES string of the molecule is COc1c(CNC[C@H](O)c2ccc(O)c3[nH]c(=O)ccc23)ccc(C(=O)N[C@H]2C[C@H](NC(=O)COc3cccc(C(O)(C(=O)OCC4CCN(Cc5ccccc5)CC4)c4ccccc4)c3)C2)c1F. The Morgan fingerprint density at radius 2 is 1.58 bits per heavy atom. The van der Waals surface area contributed by atoms with Crippen LogP contribution in [0.5, 0.6) is 17.2 Å². The van der Waals surface area contributed by atoms with E-state index in [1.54, 1.807) is 60.7 Å². The Morgan fingerprint density at radius 1 is 0.870 bits per heavy atom. The summed E-state index contributed by atoms with van der Waals surface area (Å²) in [4.78, 5) is 56.8. The third-order valence-electron chi connectivity index (χ3n) is 12.9. The number of phenolic OH excluding ortho intramolecular Hbond substituents is 1. The molecule has 8 rings (SSSR count). The van der Waals surface area contributed by atoms with Gasteiger partial charge in [0.25, 0.3) is 11.8 Å². The number of methoxy groups -OCH3 is 1. The fraction of sp³-hybridized carbons (Fsp3) is 0.321. The second-order valence-corrected chi connectivity index (χ2v) is 17.7. The van der Waals surface area contributed by atoms with Crippen molar-refractivity contribution in [2.24, 2.45) is 5.92 Å². The van der Waals surface area contributed by atoms with Crippen LogP contribution in [-0.2, 0) is 33.0 Å². The van der Waals surface area contributed by atoms with E-state index in [1.807, 2.05) is 18.2 Å². The number of aromatic hydroxyl groups is 1. The fourth-order valence-electron chi connectivity index (χ4n) is 9.01. The molecule has 69 heavy (non-hydrogen) atoms. The molecular weight excluding hydrogens is 886 g/mol. The molecule has 1 saturated heterocycles. The minimum Gasteiger partial charge on any atom is -0.506 e. The number of H-pyrrole nitrogens is 1. The molecule has 16 heteroatoms. The number of carbonyl (C=O) groups is 3. The molecule has 1 aromatic heterocycles. The summed E-state index contributed by atoms with van der Waals surface area (Å²) in [5.41, 5.74) is 0.143. The smallest absolute Gasteiger partial charge is 0.347 e. The predicted molar refractivity (Wildman–Crippen MR) is 255 cm³/mol. The van der Waals surface area contributed by atoms with Gasteiger partial charge in [0.2, 0.25) is 11.2 Å². The molecule has 0 radical (unpaired) electrons. The molecular formula is C53H56FN5O10. The van der Waals surface area contributed by atoms with Gasteiger partial charge in [0.05, 0.1) is 30.9 Å². The number of aliphatic hydroxyl groups is 2. The van der Waals surface area contributed by atoms with Gasteiger partial charge in [0.15, 0.2) is 18.2 Å². The Balaban J connectivity index is 0.793. The summed E-state index contributed by atoms with van der Waals surface area (Å²) in [6.45, 7) is 2.58. The average molecular weight is 942 g/mol. The first-order chi connectivity index (χ1) is 33.4. The van der Waals surface area contributed by atoms with Gasteiger partial charge in [-0.1, -0.05) is 84.9 Å². The summed E-state index contributed by atoms with van der Waals surface area (Å²) in [6.07, 6.45) is 1.49. The molecule has 1 unspecified atom stereocenters. The van der Waals surface area contributed by atoms with Gasteiger partial charge in [0, 0.05) is 54.3 Å². The molecule has 1 saturated carbocycles. The Labute approximate surface area is 398 Å². The van der Waals surface area contributed by atoms with E-state index in [-0.39, 0.29) is 78.2 Å². The van der Waals surface area contributed by atoms with Gasteiger partial charge in [-0.25, -0.2) is 9.18 Å². The first-order valence-electron chi connectivity index (χ1n) is 23.0. The van der Waals surface area contributed by atoms with Crippen molar-refractivity contribution in [1.29, 1.82) is 0 Å². The van der Waals surface area contributed by atoms with Crippen LogP contribution in [0, 0.1) is 11.7 Å². The lowest BCUT2D eigenvalue weighted by Gasteiger charge is -2.36. The number of hydrogen-bond acceptors (Lipinski definition) is 12. The van der Waals surface area contributed by atoms with Crippen molar-refractivity contribution in [3.8, 4) is 17.2 Å². The maximum absolute atomic E-state index is 15.7. The molecule has 2 aliphatic rings. The second-order valence-electron chi connectivity index (χ2n) is 17.7. The normalized spacial score (nSPS) is 17.5. The number of nitrogens with one attached hydrogen (secondary N) is 4. The van der Waals surface area contributed by atoms with Crippen LogP contribution < -0.4 is 31.0 Å². The summed E-state index contributed by atoms with van der Waals surface area (Å²) >= 11 is 0. The third kappa shape index (κ3) is 11.4. The van der Waals surface area contributed by atoms with Gasteiger partial charge in [-0.15, -0.1) is 0 Å². The van der Waals surface area contributed by atoms with Gasteiger partial charge in [-0.05, 0) is 91.7 Å². The number of carbonyl (C=O) groups excluding carboxylic acids is 3. The number of rotatable bonds is 19. The number of esters is 1. The Kier molecular flexibility index (Phi) is 15.3. The highest BCUT2D eigenvalue weighted by molar-refractivity contribution is 5.95. The van der Waals surface area contributed by atoms with E-state index in [4.69, 9.17) is 14.2 Å². The number of aromatic nitrogens is 1. The summed E-state index contributed by atoms with van der Waals surface area (Å²) in [5.74, 6) is -2.55. The Hall–Kier alpha value is -7.11. The minimum absolute atomic E-state index is 0.0402. The zero-order valence-electron chi connectivity index (χ0n) is 38.2. The molecule has 2 atom stereocenters. The van der Waals surface area contributed by atoms with Crippen molar-refractivity contribution in [1.82, 2.24) is 25.8 Å². The zero-order chi connectivity index (χ0) is 48.5. The lowest BCUT2D eigenvalue weighted by Crippen LogP contribution is -2.54.